The first-order valence-corrected chi connectivity index (χ1v) is 10.8. The first-order chi connectivity index (χ1) is 12.9. The van der Waals surface area contributed by atoms with Gasteiger partial charge in [-0.2, -0.15) is 0 Å². The predicted molar refractivity (Wildman–Crippen MR) is 89.3 cm³/mol. The quantitative estimate of drug-likeness (QED) is 0.219. The minimum Gasteiger partial charge on any atom is -0.386 e. The number of rotatable bonds is 6. The van der Waals surface area contributed by atoms with Gasteiger partial charge in [-0.05, 0) is 0 Å². The number of fused-ring (bicyclic) bond motifs is 1. The summed E-state index contributed by atoms with van der Waals surface area (Å²) >= 11 is 5.78. The monoisotopic (exact) mass is 461 g/mol. The third-order valence-corrected chi connectivity index (χ3v) is 5.15. The van der Waals surface area contributed by atoms with Gasteiger partial charge in [0.15, 0.2) is 23.3 Å². The van der Waals surface area contributed by atoms with Crippen LogP contribution in [-0.2, 0) is 22.9 Å². The molecule has 1 saturated heterocycles. The van der Waals surface area contributed by atoms with Gasteiger partial charge < -0.3 is 35.2 Å². The molecule has 3 rings (SSSR count). The summed E-state index contributed by atoms with van der Waals surface area (Å²) in [5.41, 5.74) is 4.00. The molecule has 7 N–H and O–H groups in total. The summed E-state index contributed by atoms with van der Waals surface area (Å²) in [5, 5.41) is 10.5. The van der Waals surface area contributed by atoms with E-state index in [1.54, 1.807) is 0 Å². The standard InChI is InChI=1S/C10H14ClN5O10P2/c11-7(26-28(21,22)23)6-5(25-27(18,19)20)4(17)10(24-6)16-2-15-3-8(12)13-1-14-9(3)16/h1-2,4-7,10,17H,(H2,12,13,14)(H2,18,19,20)(H2,21,22,23)/t4-,5+,6+,7?,10-/m1/s1. The molecule has 0 spiro atoms. The lowest BCUT2D eigenvalue weighted by Crippen LogP contribution is -2.39. The lowest BCUT2D eigenvalue weighted by atomic mass is 10.1. The molecule has 18 heteroatoms. The summed E-state index contributed by atoms with van der Waals surface area (Å²) in [6.07, 6.45) is -4.43. The van der Waals surface area contributed by atoms with Gasteiger partial charge in [-0.3, -0.25) is 13.6 Å². The van der Waals surface area contributed by atoms with E-state index in [1.807, 2.05) is 0 Å². The highest BCUT2D eigenvalue weighted by atomic mass is 35.5. The number of hydrogen-bond donors (Lipinski definition) is 6. The molecule has 156 valence electrons. The van der Waals surface area contributed by atoms with E-state index < -0.39 is 45.7 Å². The van der Waals surface area contributed by atoms with Gasteiger partial charge in [0.05, 0.1) is 6.33 Å². The van der Waals surface area contributed by atoms with Crippen molar-refractivity contribution in [1.29, 1.82) is 0 Å². The molecule has 5 atom stereocenters. The van der Waals surface area contributed by atoms with Crippen molar-refractivity contribution in [2.45, 2.75) is 30.1 Å². The third kappa shape index (κ3) is 4.50. The molecule has 2 aromatic rings. The number of aliphatic hydroxyl groups excluding tert-OH is 1. The Morgan fingerprint density at radius 3 is 2.50 bits per heavy atom. The number of anilines is 1. The number of nitrogen functional groups attached to an aromatic ring is 1. The summed E-state index contributed by atoms with van der Waals surface area (Å²) in [4.78, 5) is 47.6. The topological polar surface area (TPSA) is 233 Å². The summed E-state index contributed by atoms with van der Waals surface area (Å²) in [6.45, 7) is 0. The second-order valence-electron chi connectivity index (χ2n) is 5.57. The zero-order chi connectivity index (χ0) is 20.9. The van der Waals surface area contributed by atoms with E-state index in [9.17, 15) is 14.2 Å². The minimum atomic E-state index is -5.16. The van der Waals surface area contributed by atoms with Crippen molar-refractivity contribution in [1.82, 2.24) is 19.5 Å². The average molecular weight is 462 g/mol. The lowest BCUT2D eigenvalue weighted by Gasteiger charge is -2.24. The molecule has 0 radical (unpaired) electrons. The highest BCUT2D eigenvalue weighted by molar-refractivity contribution is 7.46. The Hall–Kier alpha value is -1.22. The first kappa shape index (κ1) is 21.5. The van der Waals surface area contributed by atoms with Gasteiger partial charge in [0.1, 0.15) is 30.2 Å². The summed E-state index contributed by atoms with van der Waals surface area (Å²) in [6, 6.07) is 0. The molecule has 1 aliphatic rings. The number of phosphoric acid groups is 2. The largest absolute Gasteiger partial charge is 0.471 e. The van der Waals surface area contributed by atoms with E-state index in [4.69, 9.17) is 41.6 Å². The van der Waals surface area contributed by atoms with Crippen molar-refractivity contribution < 1.29 is 47.6 Å². The molecule has 3 heterocycles. The number of aliphatic hydroxyl groups is 1. The van der Waals surface area contributed by atoms with Crippen molar-refractivity contribution in [3.8, 4) is 0 Å². The van der Waals surface area contributed by atoms with Gasteiger partial charge >= 0.3 is 15.6 Å². The molecule has 1 fully saturated rings. The van der Waals surface area contributed by atoms with E-state index in [0.717, 1.165) is 17.2 Å². The number of ether oxygens (including phenoxy) is 1. The summed E-state index contributed by atoms with van der Waals surface area (Å²) < 4.78 is 37.7. The molecule has 0 aliphatic carbocycles. The number of imidazole rings is 1. The normalized spacial score (nSPS) is 27.4. The lowest BCUT2D eigenvalue weighted by molar-refractivity contribution is -0.0598. The van der Waals surface area contributed by atoms with Crippen LogP contribution in [0.1, 0.15) is 6.23 Å². The van der Waals surface area contributed by atoms with E-state index in [2.05, 4.69) is 24.0 Å². The number of phosphoric ester groups is 2. The Balaban J connectivity index is 1.98. The molecule has 2 aromatic heterocycles. The maximum absolute atomic E-state index is 11.2. The first-order valence-electron chi connectivity index (χ1n) is 7.26. The zero-order valence-electron chi connectivity index (χ0n) is 13.5. The molecule has 0 amide bonds. The second kappa shape index (κ2) is 7.55. The van der Waals surface area contributed by atoms with Crippen molar-refractivity contribution in [3.05, 3.63) is 12.7 Å². The highest BCUT2D eigenvalue weighted by Crippen LogP contribution is 2.48. The third-order valence-electron chi connectivity index (χ3n) is 3.67. The maximum atomic E-state index is 11.2. The van der Waals surface area contributed by atoms with Gasteiger partial charge in [-0.1, -0.05) is 11.6 Å². The Kier molecular flexibility index (Phi) is 5.80. The molecule has 1 unspecified atom stereocenters. The fourth-order valence-corrected chi connectivity index (χ4v) is 4.10. The number of nitrogens with zero attached hydrogens (tertiary/aromatic N) is 4. The Labute approximate surface area is 160 Å². The number of aromatic nitrogens is 4. The molecule has 0 saturated carbocycles. The van der Waals surface area contributed by atoms with E-state index in [1.165, 1.54) is 0 Å². The average Bonchev–Trinajstić information content (AvgIpc) is 3.08. The number of hydrogen-bond acceptors (Lipinski definition) is 10. The van der Waals surface area contributed by atoms with E-state index >= 15 is 0 Å². The van der Waals surface area contributed by atoms with Crippen LogP contribution in [0, 0.1) is 0 Å². The van der Waals surface area contributed by atoms with Crippen LogP contribution >= 0.6 is 27.2 Å². The SMILES string of the molecule is Nc1ncnc2c1ncn2[C@@H]1O[C@H](C(Cl)OP(=O)(O)O)[C@@H](OP(=O)(O)O)[C@H]1O. The van der Waals surface area contributed by atoms with Crippen LogP contribution < -0.4 is 5.73 Å². The molecule has 0 aromatic carbocycles. The smallest absolute Gasteiger partial charge is 0.386 e. The number of halogens is 1. The van der Waals surface area contributed by atoms with Gasteiger partial charge in [0, 0.05) is 0 Å². The van der Waals surface area contributed by atoms with Crippen molar-refractivity contribution in [2.24, 2.45) is 0 Å². The number of alkyl halides is 1. The van der Waals surface area contributed by atoms with Crippen LogP contribution in [0.25, 0.3) is 11.2 Å². The van der Waals surface area contributed by atoms with Crippen LogP contribution in [-0.4, -0.2) is 68.1 Å². The highest BCUT2D eigenvalue weighted by Gasteiger charge is 2.52. The van der Waals surface area contributed by atoms with Gasteiger partial charge in [-0.15, -0.1) is 0 Å². The summed E-state index contributed by atoms with van der Waals surface area (Å²) in [7, 11) is -10.3. The molecular weight excluding hydrogens is 448 g/mol. The Bertz CT molecular complexity index is 963. The van der Waals surface area contributed by atoms with Gasteiger partial charge in [-0.25, -0.2) is 24.1 Å². The summed E-state index contributed by atoms with van der Waals surface area (Å²) in [5.74, 6) is 0.0239. The maximum Gasteiger partial charge on any atom is 0.471 e. The Morgan fingerprint density at radius 2 is 1.89 bits per heavy atom. The molecule has 28 heavy (non-hydrogen) atoms. The molecule has 15 nitrogen and oxygen atoms in total. The number of nitrogens with two attached hydrogens (primary N) is 1. The van der Waals surface area contributed by atoms with Crippen LogP contribution in [0.4, 0.5) is 5.82 Å². The fraction of sp³-hybridized carbons (Fsp3) is 0.500. The van der Waals surface area contributed by atoms with Gasteiger partial charge in [0.2, 0.25) is 0 Å². The van der Waals surface area contributed by atoms with Crippen LogP contribution in [0.2, 0.25) is 0 Å². The van der Waals surface area contributed by atoms with E-state index in [0.29, 0.717) is 0 Å². The van der Waals surface area contributed by atoms with Crippen LogP contribution in [0.5, 0.6) is 0 Å². The molecular formula is C10H14ClN5O10P2. The van der Waals surface area contributed by atoms with Crippen LogP contribution in [0.3, 0.4) is 0 Å². The zero-order valence-corrected chi connectivity index (χ0v) is 16.0. The minimum absolute atomic E-state index is 0.0239. The molecule has 0 bridgehead atoms. The van der Waals surface area contributed by atoms with Crippen molar-refractivity contribution >= 4 is 44.2 Å². The van der Waals surface area contributed by atoms with Crippen molar-refractivity contribution in [3.63, 3.8) is 0 Å². The van der Waals surface area contributed by atoms with Crippen LogP contribution in [0.15, 0.2) is 12.7 Å². The molecule has 1 aliphatic heterocycles. The fourth-order valence-electron chi connectivity index (χ4n) is 2.64. The van der Waals surface area contributed by atoms with E-state index in [-0.39, 0.29) is 17.0 Å². The predicted octanol–water partition coefficient (Wildman–Crippen LogP) is -1.18. The Morgan fingerprint density at radius 1 is 1.21 bits per heavy atom. The van der Waals surface area contributed by atoms with Gasteiger partial charge in [0.25, 0.3) is 0 Å². The van der Waals surface area contributed by atoms with Crippen molar-refractivity contribution in [2.75, 3.05) is 5.73 Å². The second-order valence-corrected chi connectivity index (χ2v) is 8.39.